The van der Waals surface area contributed by atoms with Crippen molar-refractivity contribution in [2.45, 2.75) is 6.92 Å². The SMILES string of the molecule is C#CCN1c2nc(OC)sc2C(O)=C(c2ccccc2C)S1(=O)=O. The number of aryl methyl sites for hydroxylation is 1. The van der Waals surface area contributed by atoms with E-state index >= 15 is 0 Å². The van der Waals surface area contributed by atoms with Crippen LogP contribution in [0.15, 0.2) is 24.3 Å². The molecule has 0 atom stereocenters. The maximum Gasteiger partial charge on any atom is 0.275 e. The minimum atomic E-state index is -4.05. The second-order valence-corrected chi connectivity index (χ2v) is 7.81. The van der Waals surface area contributed by atoms with Gasteiger partial charge in [-0.3, -0.25) is 0 Å². The maximum atomic E-state index is 13.1. The van der Waals surface area contributed by atoms with E-state index in [4.69, 9.17) is 11.2 Å². The van der Waals surface area contributed by atoms with Gasteiger partial charge < -0.3 is 9.84 Å². The van der Waals surface area contributed by atoms with Crippen molar-refractivity contribution in [2.75, 3.05) is 18.0 Å². The number of aliphatic hydroxyl groups is 1. The normalized spacial score (nSPS) is 15.8. The molecule has 8 heteroatoms. The molecule has 2 aromatic rings. The van der Waals surface area contributed by atoms with Gasteiger partial charge in [-0.05, 0) is 12.5 Å². The first-order valence-electron chi connectivity index (χ1n) is 6.92. The zero-order chi connectivity index (χ0) is 17.5. The number of aliphatic hydroxyl groups excluding tert-OH is 1. The number of hydrogen-bond donors (Lipinski definition) is 1. The average molecular weight is 362 g/mol. The Labute approximate surface area is 144 Å². The van der Waals surface area contributed by atoms with Crippen molar-refractivity contribution in [2.24, 2.45) is 0 Å². The van der Waals surface area contributed by atoms with E-state index < -0.39 is 10.0 Å². The highest BCUT2D eigenvalue weighted by Gasteiger charge is 2.41. The lowest BCUT2D eigenvalue weighted by atomic mass is 10.1. The molecule has 6 nitrogen and oxygen atoms in total. The smallest absolute Gasteiger partial charge is 0.275 e. The van der Waals surface area contributed by atoms with Crippen molar-refractivity contribution >= 4 is 37.8 Å². The number of terminal acetylenes is 1. The van der Waals surface area contributed by atoms with Gasteiger partial charge in [0.25, 0.3) is 15.2 Å². The van der Waals surface area contributed by atoms with Crippen LogP contribution in [0.2, 0.25) is 0 Å². The average Bonchev–Trinajstić information content (AvgIpc) is 2.97. The molecule has 0 fully saturated rings. The molecule has 0 aliphatic carbocycles. The fourth-order valence-electron chi connectivity index (χ4n) is 2.49. The first-order chi connectivity index (χ1) is 11.4. The molecular formula is C16H14N2O4S2. The number of methoxy groups -OCH3 is 1. The van der Waals surface area contributed by atoms with E-state index in [0.717, 1.165) is 21.2 Å². The van der Waals surface area contributed by atoms with Crippen LogP contribution in [-0.4, -0.2) is 32.2 Å². The fourth-order valence-corrected chi connectivity index (χ4v) is 5.13. The number of rotatable bonds is 3. The number of sulfonamides is 1. The van der Waals surface area contributed by atoms with Crippen LogP contribution in [0.1, 0.15) is 16.0 Å². The van der Waals surface area contributed by atoms with Crippen molar-refractivity contribution in [3.8, 4) is 17.5 Å². The number of thiazole rings is 1. The van der Waals surface area contributed by atoms with Crippen LogP contribution in [0.4, 0.5) is 5.82 Å². The minimum absolute atomic E-state index is 0.0876. The quantitative estimate of drug-likeness (QED) is 0.849. The molecular weight excluding hydrogens is 348 g/mol. The van der Waals surface area contributed by atoms with Crippen molar-refractivity contribution in [1.82, 2.24) is 4.98 Å². The standard InChI is InChI=1S/C16H14N2O4S2/c1-4-9-18-15-13(23-16(17-15)22-3)12(19)14(24(18,20)21)11-8-6-5-7-10(11)2/h1,5-8,19H,9H2,2-3H3. The Morgan fingerprint density at radius 2 is 2.12 bits per heavy atom. The molecule has 24 heavy (non-hydrogen) atoms. The van der Waals surface area contributed by atoms with Crippen molar-refractivity contribution < 1.29 is 18.3 Å². The number of hydrogen-bond acceptors (Lipinski definition) is 6. The Bertz CT molecular complexity index is 984. The largest absolute Gasteiger partial charge is 0.505 e. The first kappa shape index (κ1) is 16.4. The summed E-state index contributed by atoms with van der Waals surface area (Å²) in [6, 6.07) is 6.94. The van der Waals surface area contributed by atoms with Crippen molar-refractivity contribution in [3.63, 3.8) is 0 Å². The van der Waals surface area contributed by atoms with E-state index in [1.54, 1.807) is 31.2 Å². The van der Waals surface area contributed by atoms with Crippen LogP contribution in [0.5, 0.6) is 5.19 Å². The summed E-state index contributed by atoms with van der Waals surface area (Å²) < 4.78 is 32.2. The second kappa shape index (κ2) is 5.85. The minimum Gasteiger partial charge on any atom is -0.505 e. The van der Waals surface area contributed by atoms with Gasteiger partial charge in [0.05, 0.1) is 13.7 Å². The number of anilines is 1. The molecule has 0 unspecified atom stereocenters. The number of ether oxygens (including phenoxy) is 1. The molecule has 1 aliphatic heterocycles. The Hall–Kier alpha value is -2.50. The molecule has 1 aromatic carbocycles. The third kappa shape index (κ3) is 2.33. The van der Waals surface area contributed by atoms with Gasteiger partial charge in [-0.25, -0.2) is 12.7 Å². The lowest BCUT2D eigenvalue weighted by molar-refractivity contribution is 0.412. The predicted molar refractivity (Wildman–Crippen MR) is 94.4 cm³/mol. The molecule has 0 saturated carbocycles. The van der Waals surface area contributed by atoms with Gasteiger partial charge in [0, 0.05) is 5.56 Å². The van der Waals surface area contributed by atoms with E-state index in [0.29, 0.717) is 10.4 Å². The van der Waals surface area contributed by atoms with Crippen molar-refractivity contribution in [3.05, 3.63) is 40.3 Å². The first-order valence-corrected chi connectivity index (χ1v) is 9.18. The van der Waals surface area contributed by atoms with Crippen LogP contribution in [0.25, 0.3) is 10.7 Å². The van der Waals surface area contributed by atoms with Gasteiger partial charge in [-0.2, -0.15) is 4.98 Å². The highest BCUT2D eigenvalue weighted by Crippen LogP contribution is 2.46. The Morgan fingerprint density at radius 3 is 2.75 bits per heavy atom. The summed E-state index contributed by atoms with van der Waals surface area (Å²) in [5, 5.41) is 10.9. The van der Waals surface area contributed by atoms with E-state index in [1.807, 2.05) is 0 Å². The Kier molecular flexibility index (Phi) is 3.99. The van der Waals surface area contributed by atoms with E-state index in [-0.39, 0.29) is 28.2 Å². The summed E-state index contributed by atoms with van der Waals surface area (Å²) in [6.07, 6.45) is 5.34. The lowest BCUT2D eigenvalue weighted by Crippen LogP contribution is -2.35. The molecule has 2 heterocycles. The van der Waals surface area contributed by atoms with Gasteiger partial charge >= 0.3 is 0 Å². The highest BCUT2D eigenvalue weighted by molar-refractivity contribution is 8.02. The summed E-state index contributed by atoms with van der Waals surface area (Å²) in [7, 11) is -2.63. The highest BCUT2D eigenvalue weighted by atomic mass is 32.2. The molecule has 3 rings (SSSR count). The number of nitrogens with zero attached hydrogens (tertiary/aromatic N) is 2. The van der Waals surface area contributed by atoms with Gasteiger partial charge in [0.2, 0.25) is 0 Å². The zero-order valence-corrected chi connectivity index (χ0v) is 14.6. The third-order valence-electron chi connectivity index (χ3n) is 3.60. The monoisotopic (exact) mass is 362 g/mol. The summed E-state index contributed by atoms with van der Waals surface area (Å²) in [5.74, 6) is 2.08. The van der Waals surface area contributed by atoms with Gasteiger partial charge in [0.15, 0.2) is 11.6 Å². The molecule has 1 N–H and O–H groups in total. The maximum absolute atomic E-state index is 13.1. The molecule has 0 bridgehead atoms. The topological polar surface area (TPSA) is 79.7 Å². The van der Waals surface area contributed by atoms with Crippen LogP contribution in [0.3, 0.4) is 0 Å². The lowest BCUT2D eigenvalue weighted by Gasteiger charge is -2.27. The fraction of sp³-hybridized carbons (Fsp3) is 0.188. The molecule has 0 spiro atoms. The third-order valence-corrected chi connectivity index (χ3v) is 6.43. The molecule has 1 aliphatic rings. The molecule has 0 saturated heterocycles. The van der Waals surface area contributed by atoms with Crippen LogP contribution < -0.4 is 9.04 Å². The van der Waals surface area contributed by atoms with E-state index in [1.165, 1.54) is 7.11 Å². The number of aromatic nitrogens is 1. The van der Waals surface area contributed by atoms with E-state index in [2.05, 4.69) is 10.9 Å². The molecule has 0 radical (unpaired) electrons. The summed E-state index contributed by atoms with van der Waals surface area (Å²) >= 11 is 1.06. The molecule has 1 aromatic heterocycles. The van der Waals surface area contributed by atoms with Crippen LogP contribution in [-0.2, 0) is 10.0 Å². The van der Waals surface area contributed by atoms with Gasteiger partial charge in [-0.1, -0.05) is 41.5 Å². The Balaban J connectivity index is 2.36. The summed E-state index contributed by atoms with van der Waals surface area (Å²) in [4.78, 5) is 4.26. The number of fused-ring (bicyclic) bond motifs is 1. The molecule has 0 amide bonds. The van der Waals surface area contributed by atoms with E-state index in [9.17, 15) is 13.5 Å². The Morgan fingerprint density at radius 1 is 1.42 bits per heavy atom. The zero-order valence-electron chi connectivity index (χ0n) is 13.0. The molecule has 124 valence electrons. The van der Waals surface area contributed by atoms with Crippen LogP contribution in [0, 0.1) is 19.3 Å². The van der Waals surface area contributed by atoms with Crippen molar-refractivity contribution in [1.29, 1.82) is 0 Å². The predicted octanol–water partition coefficient (Wildman–Crippen LogP) is 2.63. The summed E-state index contributed by atoms with van der Waals surface area (Å²) in [5.41, 5.74) is 1.15. The van der Waals surface area contributed by atoms with Gasteiger partial charge in [-0.15, -0.1) is 6.42 Å². The van der Waals surface area contributed by atoms with Gasteiger partial charge in [0.1, 0.15) is 9.78 Å². The number of benzene rings is 1. The summed E-state index contributed by atoms with van der Waals surface area (Å²) in [6.45, 7) is 1.59. The van der Waals surface area contributed by atoms with Crippen LogP contribution >= 0.6 is 11.3 Å². The second-order valence-electron chi connectivity index (χ2n) is 5.05.